The number of nitrogens with zero attached hydrogens (tertiary/aromatic N) is 1. The van der Waals surface area contributed by atoms with Gasteiger partial charge in [-0.3, -0.25) is 0 Å². The van der Waals surface area contributed by atoms with Gasteiger partial charge in [0.2, 0.25) is 8.32 Å². The molecule has 0 saturated carbocycles. The van der Waals surface area contributed by atoms with Crippen LogP contribution in [-0.2, 0) is 11.0 Å². The highest BCUT2D eigenvalue weighted by Crippen LogP contribution is 2.32. The number of benzene rings is 1. The largest absolute Gasteiger partial charge is 0.543 e. The van der Waals surface area contributed by atoms with E-state index in [1.165, 1.54) is 35.0 Å². The molecule has 0 aliphatic carbocycles. The lowest BCUT2D eigenvalue weighted by molar-refractivity contribution is 0.503. The number of aryl methyl sites for hydroxylation is 2. The van der Waals surface area contributed by atoms with Crippen molar-refractivity contribution in [3.63, 3.8) is 0 Å². The Morgan fingerprint density at radius 2 is 1.90 bits per heavy atom. The minimum Gasteiger partial charge on any atom is -0.543 e. The number of hydrogen-bond donors (Lipinski definition) is 0. The van der Waals surface area contributed by atoms with Crippen LogP contribution in [0.15, 0.2) is 30.8 Å². The molecule has 0 bridgehead atoms. The van der Waals surface area contributed by atoms with Crippen LogP contribution >= 0.6 is 0 Å². The van der Waals surface area contributed by atoms with Crippen molar-refractivity contribution in [1.82, 2.24) is 4.57 Å². The summed E-state index contributed by atoms with van der Waals surface area (Å²) in [5.74, 6) is 0.832. The summed E-state index contributed by atoms with van der Waals surface area (Å²) in [6.07, 6.45) is 2.36. The number of aromatic nitrogens is 1. The Hall–Kier alpha value is -1.48. The maximum Gasteiger partial charge on any atom is 0.242 e. The molecule has 0 aliphatic rings. The van der Waals surface area contributed by atoms with E-state index in [-0.39, 0.29) is 0 Å². The van der Waals surface area contributed by atoms with Crippen LogP contribution in [0.4, 0.5) is 0 Å². The minimum absolute atomic E-state index is 0.832. The average molecular weight is 302 g/mol. The highest BCUT2D eigenvalue weighted by molar-refractivity contribution is 6.70. The van der Waals surface area contributed by atoms with E-state index < -0.39 is 8.32 Å². The molecule has 3 heteroatoms. The summed E-state index contributed by atoms with van der Waals surface area (Å²) in [5.41, 5.74) is 3.75. The number of fused-ring (bicyclic) bond motifs is 1. The fraction of sp³-hybridized carbons (Fsp3) is 0.444. The Morgan fingerprint density at radius 1 is 1.24 bits per heavy atom. The van der Waals surface area contributed by atoms with E-state index in [1.54, 1.807) is 0 Å². The SMILES string of the molecule is C=C(O[Si](C)(C)C)c1c(C)c2ccccc2n1CCCC. The summed E-state index contributed by atoms with van der Waals surface area (Å²) >= 11 is 0. The number of para-hydroxylation sites is 1. The highest BCUT2D eigenvalue weighted by atomic mass is 28.4. The van der Waals surface area contributed by atoms with Crippen LogP contribution in [0.5, 0.6) is 0 Å². The second kappa shape index (κ2) is 6.10. The molecule has 0 atom stereocenters. The second-order valence-electron chi connectivity index (χ2n) is 6.63. The van der Waals surface area contributed by atoms with Crippen molar-refractivity contribution in [3.8, 4) is 0 Å². The van der Waals surface area contributed by atoms with Crippen LogP contribution in [0.25, 0.3) is 16.7 Å². The lowest BCUT2D eigenvalue weighted by Gasteiger charge is -2.23. The Labute approximate surface area is 129 Å². The molecule has 1 aromatic heterocycles. The summed E-state index contributed by atoms with van der Waals surface area (Å²) in [4.78, 5) is 0. The molecule has 0 spiro atoms. The lowest BCUT2D eigenvalue weighted by Crippen LogP contribution is -2.25. The molecule has 2 rings (SSSR count). The molecule has 114 valence electrons. The molecule has 0 amide bonds. The second-order valence-corrected chi connectivity index (χ2v) is 11.1. The molecule has 1 heterocycles. The summed E-state index contributed by atoms with van der Waals surface area (Å²) in [6, 6.07) is 8.60. The van der Waals surface area contributed by atoms with Gasteiger partial charge in [-0.15, -0.1) is 0 Å². The van der Waals surface area contributed by atoms with Gasteiger partial charge in [-0.25, -0.2) is 0 Å². The third kappa shape index (κ3) is 3.41. The Kier molecular flexibility index (Phi) is 4.62. The van der Waals surface area contributed by atoms with Crippen molar-refractivity contribution >= 4 is 25.0 Å². The first-order valence-electron chi connectivity index (χ1n) is 7.81. The van der Waals surface area contributed by atoms with Gasteiger partial charge in [0.1, 0.15) is 5.76 Å². The van der Waals surface area contributed by atoms with Gasteiger partial charge in [0.05, 0.1) is 5.69 Å². The summed E-state index contributed by atoms with van der Waals surface area (Å²) in [5, 5.41) is 1.31. The van der Waals surface area contributed by atoms with Crippen LogP contribution < -0.4 is 0 Å². The molecule has 0 saturated heterocycles. The number of hydrogen-bond acceptors (Lipinski definition) is 1. The maximum absolute atomic E-state index is 6.18. The number of rotatable bonds is 6. The topological polar surface area (TPSA) is 14.2 Å². The molecule has 2 aromatic rings. The lowest BCUT2D eigenvalue weighted by atomic mass is 10.1. The van der Waals surface area contributed by atoms with Gasteiger partial charge < -0.3 is 8.99 Å². The first kappa shape index (κ1) is 15.9. The van der Waals surface area contributed by atoms with E-state index in [2.05, 4.69) is 68.9 Å². The molecule has 0 fully saturated rings. The third-order valence-electron chi connectivity index (χ3n) is 3.65. The van der Waals surface area contributed by atoms with E-state index in [9.17, 15) is 0 Å². The van der Waals surface area contributed by atoms with Gasteiger partial charge in [0, 0.05) is 17.4 Å². The maximum atomic E-state index is 6.18. The standard InChI is InChI=1S/C18H27NOSi/c1-7-8-13-19-17-12-10-9-11-16(17)14(2)18(19)15(3)20-21(4,5)6/h9-12H,3,7-8,13H2,1-2,4-6H3. The van der Waals surface area contributed by atoms with Gasteiger partial charge in [-0.05, 0) is 44.6 Å². The predicted molar refractivity (Wildman–Crippen MR) is 95.0 cm³/mol. The zero-order chi connectivity index (χ0) is 15.6. The van der Waals surface area contributed by atoms with E-state index in [0.717, 1.165) is 12.3 Å². The van der Waals surface area contributed by atoms with Crippen LogP contribution in [0, 0.1) is 6.92 Å². The zero-order valence-electron chi connectivity index (χ0n) is 14.0. The molecular weight excluding hydrogens is 274 g/mol. The molecule has 1 aromatic carbocycles. The zero-order valence-corrected chi connectivity index (χ0v) is 15.0. The van der Waals surface area contributed by atoms with Gasteiger partial charge in [-0.2, -0.15) is 0 Å². The fourth-order valence-electron chi connectivity index (χ4n) is 2.80. The molecule has 0 N–H and O–H groups in total. The van der Waals surface area contributed by atoms with Gasteiger partial charge in [-0.1, -0.05) is 38.1 Å². The predicted octanol–water partition coefficient (Wildman–Crippen LogP) is 5.57. The average Bonchev–Trinajstić information content (AvgIpc) is 2.68. The first-order valence-corrected chi connectivity index (χ1v) is 11.2. The van der Waals surface area contributed by atoms with Gasteiger partial charge in [0.25, 0.3) is 0 Å². The molecule has 0 radical (unpaired) electrons. The first-order chi connectivity index (χ1) is 9.85. The van der Waals surface area contributed by atoms with Crippen molar-refractivity contribution in [2.24, 2.45) is 0 Å². The Bertz CT molecular complexity index is 649. The molecule has 21 heavy (non-hydrogen) atoms. The van der Waals surface area contributed by atoms with Crippen LogP contribution in [0.1, 0.15) is 31.0 Å². The summed E-state index contributed by atoms with van der Waals surface area (Å²) < 4.78 is 8.56. The van der Waals surface area contributed by atoms with Crippen molar-refractivity contribution < 1.29 is 4.43 Å². The van der Waals surface area contributed by atoms with Crippen molar-refractivity contribution in [1.29, 1.82) is 0 Å². The van der Waals surface area contributed by atoms with Crippen LogP contribution in [-0.4, -0.2) is 12.9 Å². The smallest absolute Gasteiger partial charge is 0.242 e. The monoisotopic (exact) mass is 301 g/mol. The van der Waals surface area contributed by atoms with E-state index >= 15 is 0 Å². The van der Waals surface area contributed by atoms with E-state index in [0.29, 0.717) is 0 Å². The van der Waals surface area contributed by atoms with Crippen molar-refractivity contribution in [3.05, 3.63) is 42.1 Å². The van der Waals surface area contributed by atoms with Crippen LogP contribution in [0.3, 0.4) is 0 Å². The fourth-order valence-corrected chi connectivity index (χ4v) is 3.64. The van der Waals surface area contributed by atoms with Gasteiger partial charge >= 0.3 is 0 Å². The highest BCUT2D eigenvalue weighted by Gasteiger charge is 2.22. The van der Waals surface area contributed by atoms with E-state index in [4.69, 9.17) is 4.43 Å². The molecule has 2 nitrogen and oxygen atoms in total. The van der Waals surface area contributed by atoms with Gasteiger partial charge in [0.15, 0.2) is 0 Å². The quantitative estimate of drug-likeness (QED) is 0.502. The summed E-state index contributed by atoms with van der Waals surface area (Å²) in [6.45, 7) is 16.3. The Morgan fingerprint density at radius 3 is 2.52 bits per heavy atom. The normalized spacial score (nSPS) is 11.9. The summed E-state index contributed by atoms with van der Waals surface area (Å²) in [7, 11) is -1.64. The molecule has 0 unspecified atom stereocenters. The minimum atomic E-state index is -1.64. The Balaban J connectivity index is 2.54. The van der Waals surface area contributed by atoms with Crippen molar-refractivity contribution in [2.45, 2.75) is 52.9 Å². The van der Waals surface area contributed by atoms with Crippen LogP contribution in [0.2, 0.25) is 19.6 Å². The third-order valence-corrected chi connectivity index (χ3v) is 4.51. The molecular formula is C18H27NOSi. The van der Waals surface area contributed by atoms with Crippen molar-refractivity contribution in [2.75, 3.05) is 0 Å². The van der Waals surface area contributed by atoms with E-state index in [1.807, 2.05) is 0 Å². The number of unbranched alkanes of at least 4 members (excludes halogenated alkanes) is 1. The molecule has 0 aliphatic heterocycles.